The molecule has 0 amide bonds. The average Bonchev–Trinajstić information content (AvgIpc) is 2.37. The Labute approximate surface area is 74.9 Å². The molecule has 2 bridgehead atoms. The summed E-state index contributed by atoms with van der Waals surface area (Å²) >= 11 is 0. The van der Waals surface area contributed by atoms with Gasteiger partial charge in [0.25, 0.3) is 0 Å². The quantitative estimate of drug-likeness (QED) is 0.590. The van der Waals surface area contributed by atoms with Crippen molar-refractivity contribution in [3.63, 3.8) is 0 Å². The van der Waals surface area contributed by atoms with Gasteiger partial charge in [-0.25, -0.2) is 0 Å². The smallest absolute Gasteiger partial charge is 0.0702 e. The molecule has 2 aliphatic heterocycles. The second kappa shape index (κ2) is 3.00. The van der Waals surface area contributed by atoms with E-state index >= 15 is 0 Å². The number of hydrogen-bond acceptors (Lipinski definition) is 2. The van der Waals surface area contributed by atoms with Gasteiger partial charge in [0.15, 0.2) is 0 Å². The molecule has 2 heterocycles. The van der Waals surface area contributed by atoms with Crippen LogP contribution in [0.3, 0.4) is 0 Å². The molecular weight excluding hydrogens is 150 g/mol. The summed E-state index contributed by atoms with van der Waals surface area (Å²) in [6, 6.07) is 1.38. The third-order valence-corrected chi connectivity index (χ3v) is 3.27. The minimum Gasteiger partial charge on any atom is -0.377 e. The zero-order valence-electron chi connectivity index (χ0n) is 8.29. The van der Waals surface area contributed by atoms with Crippen LogP contribution in [0.5, 0.6) is 0 Å². The van der Waals surface area contributed by atoms with Crippen LogP contribution in [0.15, 0.2) is 0 Å². The average molecular weight is 169 g/mol. The highest BCUT2D eigenvalue weighted by Gasteiger charge is 2.40. The van der Waals surface area contributed by atoms with E-state index in [4.69, 9.17) is 4.74 Å². The summed E-state index contributed by atoms with van der Waals surface area (Å²) in [4.78, 5) is 2.60. The Morgan fingerprint density at radius 2 is 2.17 bits per heavy atom. The summed E-state index contributed by atoms with van der Waals surface area (Å²) in [5.41, 5.74) is 0. The molecule has 0 aromatic carbocycles. The molecule has 2 rings (SSSR count). The lowest BCUT2D eigenvalue weighted by atomic mass is 10.0. The normalized spacial score (nSPS) is 42.5. The van der Waals surface area contributed by atoms with Crippen LogP contribution in [-0.2, 0) is 4.74 Å². The largest absolute Gasteiger partial charge is 0.377 e. The summed E-state index contributed by atoms with van der Waals surface area (Å²) < 4.78 is 5.70. The molecule has 3 atom stereocenters. The minimum atomic E-state index is 0.450. The Kier molecular flexibility index (Phi) is 2.13. The van der Waals surface area contributed by atoms with Gasteiger partial charge in [0.1, 0.15) is 0 Å². The molecule has 2 heteroatoms. The van der Waals surface area contributed by atoms with E-state index in [2.05, 4.69) is 25.7 Å². The van der Waals surface area contributed by atoms with E-state index in [1.54, 1.807) is 0 Å². The number of ether oxygens (including phenoxy) is 1. The van der Waals surface area contributed by atoms with E-state index in [1.165, 1.54) is 13.0 Å². The lowest BCUT2D eigenvalue weighted by molar-refractivity contribution is -0.0163. The van der Waals surface area contributed by atoms with Gasteiger partial charge in [-0.05, 0) is 33.1 Å². The van der Waals surface area contributed by atoms with Crippen LogP contribution in [0.4, 0.5) is 0 Å². The van der Waals surface area contributed by atoms with Crippen LogP contribution in [0.1, 0.15) is 27.2 Å². The number of hydrogen-bond donors (Lipinski definition) is 0. The monoisotopic (exact) mass is 169 g/mol. The first-order valence-corrected chi connectivity index (χ1v) is 5.06. The topological polar surface area (TPSA) is 12.5 Å². The zero-order chi connectivity index (χ0) is 8.72. The zero-order valence-corrected chi connectivity index (χ0v) is 8.29. The molecule has 0 N–H and O–H groups in total. The van der Waals surface area contributed by atoms with E-state index in [9.17, 15) is 0 Å². The summed E-state index contributed by atoms with van der Waals surface area (Å²) in [5.74, 6) is 0.814. The molecule has 70 valence electrons. The van der Waals surface area contributed by atoms with Crippen molar-refractivity contribution < 1.29 is 4.74 Å². The summed E-state index contributed by atoms with van der Waals surface area (Å²) in [6.45, 7) is 9.02. The molecule has 3 unspecified atom stereocenters. The number of nitrogens with zero attached hydrogens (tertiary/aromatic N) is 1. The summed E-state index contributed by atoms with van der Waals surface area (Å²) in [5, 5.41) is 0. The molecule has 12 heavy (non-hydrogen) atoms. The summed E-state index contributed by atoms with van der Waals surface area (Å²) in [7, 11) is 0. The Bertz CT molecular complexity index is 169. The van der Waals surface area contributed by atoms with Gasteiger partial charge in [0.05, 0.1) is 12.7 Å². The number of fused-ring (bicyclic) bond motifs is 2. The molecule has 2 fully saturated rings. The maximum Gasteiger partial charge on any atom is 0.0702 e. The van der Waals surface area contributed by atoms with Crippen LogP contribution in [0, 0.1) is 5.92 Å². The number of likely N-dealkylation sites (tertiary alicyclic amines) is 1. The molecule has 2 saturated heterocycles. The van der Waals surface area contributed by atoms with Crippen molar-refractivity contribution in [2.75, 3.05) is 13.2 Å². The molecule has 0 radical (unpaired) electrons. The highest BCUT2D eigenvalue weighted by molar-refractivity contribution is 4.93. The predicted molar refractivity (Wildman–Crippen MR) is 49.2 cm³/mol. The molecule has 0 aromatic rings. The lowest BCUT2D eigenvalue weighted by Gasteiger charge is -2.32. The fourth-order valence-corrected chi connectivity index (χ4v) is 2.56. The molecule has 0 aliphatic carbocycles. The first-order chi connectivity index (χ1) is 5.68. The number of rotatable bonds is 1. The van der Waals surface area contributed by atoms with E-state index < -0.39 is 0 Å². The molecule has 2 aliphatic rings. The van der Waals surface area contributed by atoms with Crippen molar-refractivity contribution in [3.8, 4) is 0 Å². The van der Waals surface area contributed by atoms with Crippen LogP contribution < -0.4 is 0 Å². The predicted octanol–water partition coefficient (Wildman–Crippen LogP) is 1.50. The van der Waals surface area contributed by atoms with Gasteiger partial charge in [0.2, 0.25) is 0 Å². The highest BCUT2D eigenvalue weighted by atomic mass is 16.5. The van der Waals surface area contributed by atoms with Gasteiger partial charge in [-0.15, -0.1) is 0 Å². The Morgan fingerprint density at radius 3 is 2.83 bits per heavy atom. The second-order valence-electron chi connectivity index (χ2n) is 4.50. The van der Waals surface area contributed by atoms with E-state index in [-0.39, 0.29) is 0 Å². The fourth-order valence-electron chi connectivity index (χ4n) is 2.56. The Hall–Kier alpha value is -0.0800. The second-order valence-corrected chi connectivity index (χ2v) is 4.50. The van der Waals surface area contributed by atoms with Gasteiger partial charge in [-0.1, -0.05) is 0 Å². The van der Waals surface area contributed by atoms with Crippen LogP contribution in [-0.4, -0.2) is 36.2 Å². The first kappa shape index (κ1) is 8.52. The van der Waals surface area contributed by atoms with Crippen LogP contribution in [0.25, 0.3) is 0 Å². The van der Waals surface area contributed by atoms with Gasteiger partial charge >= 0.3 is 0 Å². The van der Waals surface area contributed by atoms with Crippen molar-refractivity contribution in [2.24, 2.45) is 5.92 Å². The van der Waals surface area contributed by atoms with Gasteiger partial charge < -0.3 is 4.74 Å². The van der Waals surface area contributed by atoms with E-state index in [1.807, 2.05) is 0 Å². The van der Waals surface area contributed by atoms with Gasteiger partial charge in [-0.2, -0.15) is 0 Å². The highest BCUT2D eigenvalue weighted by Crippen LogP contribution is 2.33. The van der Waals surface area contributed by atoms with Crippen LogP contribution >= 0.6 is 0 Å². The third kappa shape index (κ3) is 1.27. The Morgan fingerprint density at radius 1 is 1.42 bits per heavy atom. The van der Waals surface area contributed by atoms with Gasteiger partial charge in [0, 0.05) is 18.6 Å². The molecule has 0 aromatic heterocycles. The first-order valence-electron chi connectivity index (χ1n) is 5.06. The third-order valence-electron chi connectivity index (χ3n) is 3.27. The fraction of sp³-hybridized carbons (Fsp3) is 1.00. The maximum atomic E-state index is 5.70. The molecule has 2 nitrogen and oxygen atoms in total. The van der Waals surface area contributed by atoms with Crippen molar-refractivity contribution in [2.45, 2.75) is 45.4 Å². The van der Waals surface area contributed by atoms with E-state index in [0.717, 1.165) is 12.5 Å². The molecule has 0 saturated carbocycles. The molecule has 0 spiro atoms. The van der Waals surface area contributed by atoms with Gasteiger partial charge in [-0.3, -0.25) is 4.90 Å². The lowest BCUT2D eigenvalue weighted by Crippen LogP contribution is -2.42. The van der Waals surface area contributed by atoms with Crippen molar-refractivity contribution in [1.82, 2.24) is 4.90 Å². The van der Waals surface area contributed by atoms with Crippen molar-refractivity contribution >= 4 is 0 Å². The van der Waals surface area contributed by atoms with Crippen LogP contribution in [0.2, 0.25) is 0 Å². The van der Waals surface area contributed by atoms with E-state index in [0.29, 0.717) is 18.2 Å². The SMILES string of the molecule is CC1OCC2CC1N(C(C)C)C2. The standard InChI is InChI=1S/C10H19NO/c1-7(2)11-5-9-4-10(11)8(3)12-6-9/h7-10H,4-6H2,1-3H3. The minimum absolute atomic E-state index is 0.450. The Balaban J connectivity index is 2.09. The molecular formula is C10H19NO. The van der Waals surface area contributed by atoms with Crippen molar-refractivity contribution in [1.29, 1.82) is 0 Å². The summed E-state index contributed by atoms with van der Waals surface area (Å²) in [6.07, 6.45) is 1.81. The maximum absolute atomic E-state index is 5.70. The van der Waals surface area contributed by atoms with Crippen molar-refractivity contribution in [3.05, 3.63) is 0 Å².